The number of piperidine rings is 1. The normalized spacial score (nSPS) is 18.5. The second-order valence-corrected chi connectivity index (χ2v) is 7.54. The van der Waals surface area contributed by atoms with E-state index in [-0.39, 0.29) is 10.8 Å². The van der Waals surface area contributed by atoms with Crippen LogP contribution in [0.4, 0.5) is 4.39 Å². The zero-order valence-corrected chi connectivity index (χ0v) is 13.7. The van der Waals surface area contributed by atoms with E-state index < -0.39 is 0 Å². The van der Waals surface area contributed by atoms with Crippen molar-refractivity contribution in [3.8, 4) is 0 Å². The minimum absolute atomic E-state index is 0.240. The summed E-state index contributed by atoms with van der Waals surface area (Å²) in [6.07, 6.45) is 2.40. The van der Waals surface area contributed by atoms with Crippen LogP contribution < -0.4 is 0 Å². The standard InChI is InChI=1S/C17H25ClFN/c1-12-9-13(16(19)15(18)10-12)11-20-7-5-14(6-8-20)17(2,3)4/h9-10,14H,5-8,11H2,1-4H3. The van der Waals surface area contributed by atoms with Gasteiger partial charge in [0, 0.05) is 12.1 Å². The van der Waals surface area contributed by atoms with Gasteiger partial charge in [0.15, 0.2) is 0 Å². The van der Waals surface area contributed by atoms with Crippen LogP contribution >= 0.6 is 11.6 Å². The van der Waals surface area contributed by atoms with E-state index in [0.717, 1.165) is 30.1 Å². The Morgan fingerprint density at radius 3 is 2.40 bits per heavy atom. The summed E-state index contributed by atoms with van der Waals surface area (Å²) in [7, 11) is 0. The lowest BCUT2D eigenvalue weighted by atomic mass is 9.75. The van der Waals surface area contributed by atoms with E-state index in [0.29, 0.717) is 12.0 Å². The van der Waals surface area contributed by atoms with E-state index in [4.69, 9.17) is 11.6 Å². The molecular formula is C17H25ClFN. The summed E-state index contributed by atoms with van der Waals surface area (Å²) in [5.74, 6) is 0.514. The van der Waals surface area contributed by atoms with Crippen molar-refractivity contribution < 1.29 is 4.39 Å². The largest absolute Gasteiger partial charge is 0.299 e. The van der Waals surface area contributed by atoms with Crippen LogP contribution in [0.3, 0.4) is 0 Å². The summed E-state index contributed by atoms with van der Waals surface area (Å²) in [5.41, 5.74) is 2.13. The topological polar surface area (TPSA) is 3.24 Å². The van der Waals surface area contributed by atoms with Gasteiger partial charge in [-0.15, -0.1) is 0 Å². The minimum Gasteiger partial charge on any atom is -0.299 e. The summed E-state index contributed by atoms with van der Waals surface area (Å²) >= 11 is 5.93. The molecule has 1 aliphatic heterocycles. The maximum atomic E-state index is 14.0. The first-order valence-electron chi connectivity index (χ1n) is 7.44. The van der Waals surface area contributed by atoms with Crippen molar-refractivity contribution in [2.24, 2.45) is 11.3 Å². The van der Waals surface area contributed by atoms with E-state index in [2.05, 4.69) is 25.7 Å². The van der Waals surface area contributed by atoms with Gasteiger partial charge in [-0.2, -0.15) is 0 Å². The molecule has 0 N–H and O–H groups in total. The van der Waals surface area contributed by atoms with Gasteiger partial charge in [0.1, 0.15) is 5.82 Å². The van der Waals surface area contributed by atoms with Crippen LogP contribution in [0.25, 0.3) is 0 Å². The summed E-state index contributed by atoms with van der Waals surface area (Å²) in [5, 5.41) is 0.240. The van der Waals surface area contributed by atoms with Crippen LogP contribution in [0.5, 0.6) is 0 Å². The third-order valence-corrected chi connectivity index (χ3v) is 4.73. The number of nitrogens with zero attached hydrogens (tertiary/aromatic N) is 1. The number of likely N-dealkylation sites (tertiary alicyclic amines) is 1. The molecule has 112 valence electrons. The molecule has 0 radical (unpaired) electrons. The molecule has 0 saturated carbocycles. The second kappa shape index (κ2) is 6.03. The van der Waals surface area contributed by atoms with Gasteiger partial charge in [-0.1, -0.05) is 38.4 Å². The van der Waals surface area contributed by atoms with Gasteiger partial charge in [0.2, 0.25) is 0 Å². The van der Waals surface area contributed by atoms with Gasteiger partial charge >= 0.3 is 0 Å². The Kier molecular flexibility index (Phi) is 4.76. The van der Waals surface area contributed by atoms with Crippen LogP contribution in [0, 0.1) is 24.1 Å². The number of halogens is 2. The monoisotopic (exact) mass is 297 g/mol. The van der Waals surface area contributed by atoms with Gasteiger partial charge in [-0.05, 0) is 55.8 Å². The molecule has 1 nitrogen and oxygen atoms in total. The molecule has 20 heavy (non-hydrogen) atoms. The molecule has 3 heteroatoms. The number of aryl methyl sites for hydroxylation is 1. The number of hydrogen-bond donors (Lipinski definition) is 0. The second-order valence-electron chi connectivity index (χ2n) is 7.14. The van der Waals surface area contributed by atoms with Gasteiger partial charge in [0.25, 0.3) is 0 Å². The zero-order valence-electron chi connectivity index (χ0n) is 13.0. The molecule has 0 aliphatic carbocycles. The Balaban J connectivity index is 2.00. The Hall–Kier alpha value is -0.600. The summed E-state index contributed by atoms with van der Waals surface area (Å²) < 4.78 is 14.0. The van der Waals surface area contributed by atoms with Gasteiger partial charge < -0.3 is 0 Å². The quantitative estimate of drug-likeness (QED) is 0.739. The average Bonchev–Trinajstić information content (AvgIpc) is 2.35. The first kappa shape index (κ1) is 15.8. The Morgan fingerprint density at radius 2 is 1.85 bits per heavy atom. The van der Waals surface area contributed by atoms with Gasteiger partial charge in [0.05, 0.1) is 5.02 Å². The summed E-state index contributed by atoms with van der Waals surface area (Å²) in [4.78, 5) is 2.34. The Labute approximate surface area is 127 Å². The fourth-order valence-electron chi connectivity index (χ4n) is 3.11. The lowest BCUT2D eigenvalue weighted by Crippen LogP contribution is -2.37. The molecule has 0 bridgehead atoms. The van der Waals surface area contributed by atoms with Crippen molar-refractivity contribution in [1.29, 1.82) is 0 Å². The molecule has 1 aliphatic rings. The maximum absolute atomic E-state index is 14.0. The summed E-state index contributed by atoms with van der Waals surface area (Å²) in [6.45, 7) is 11.7. The van der Waals surface area contributed by atoms with Gasteiger partial charge in [-0.3, -0.25) is 4.90 Å². The highest BCUT2D eigenvalue weighted by Crippen LogP contribution is 2.34. The fraction of sp³-hybridized carbons (Fsp3) is 0.647. The van der Waals surface area contributed by atoms with E-state index >= 15 is 0 Å². The summed E-state index contributed by atoms with van der Waals surface area (Å²) in [6, 6.07) is 3.60. The smallest absolute Gasteiger partial charge is 0.146 e. The van der Waals surface area contributed by atoms with Crippen molar-refractivity contribution in [2.45, 2.75) is 47.1 Å². The predicted molar refractivity (Wildman–Crippen MR) is 83.6 cm³/mol. The van der Waals surface area contributed by atoms with E-state index in [9.17, 15) is 4.39 Å². The molecular weight excluding hydrogens is 273 g/mol. The lowest BCUT2D eigenvalue weighted by Gasteiger charge is -2.38. The average molecular weight is 298 g/mol. The Morgan fingerprint density at radius 1 is 1.25 bits per heavy atom. The first-order chi connectivity index (χ1) is 9.27. The van der Waals surface area contributed by atoms with Crippen molar-refractivity contribution in [2.75, 3.05) is 13.1 Å². The molecule has 2 rings (SSSR count). The fourth-order valence-corrected chi connectivity index (χ4v) is 3.40. The molecule has 0 spiro atoms. The molecule has 0 aromatic heterocycles. The maximum Gasteiger partial charge on any atom is 0.146 e. The molecule has 1 heterocycles. The van der Waals surface area contributed by atoms with Crippen LogP contribution in [0.2, 0.25) is 5.02 Å². The van der Waals surface area contributed by atoms with Crippen molar-refractivity contribution in [1.82, 2.24) is 4.90 Å². The highest BCUT2D eigenvalue weighted by molar-refractivity contribution is 6.30. The van der Waals surface area contributed by atoms with Crippen molar-refractivity contribution in [3.05, 3.63) is 34.1 Å². The number of hydrogen-bond acceptors (Lipinski definition) is 1. The van der Waals surface area contributed by atoms with Crippen LogP contribution in [0.1, 0.15) is 44.7 Å². The molecule has 1 saturated heterocycles. The lowest BCUT2D eigenvalue weighted by molar-refractivity contribution is 0.107. The van der Waals surface area contributed by atoms with Crippen molar-refractivity contribution in [3.63, 3.8) is 0 Å². The third kappa shape index (κ3) is 3.73. The predicted octanol–water partition coefficient (Wildman–Crippen LogP) is 5.05. The van der Waals surface area contributed by atoms with Crippen LogP contribution in [-0.2, 0) is 6.54 Å². The van der Waals surface area contributed by atoms with E-state index in [1.54, 1.807) is 6.07 Å². The zero-order chi connectivity index (χ0) is 14.9. The highest BCUT2D eigenvalue weighted by atomic mass is 35.5. The van der Waals surface area contributed by atoms with Gasteiger partial charge in [-0.25, -0.2) is 4.39 Å². The first-order valence-corrected chi connectivity index (χ1v) is 7.82. The minimum atomic E-state index is -0.254. The molecule has 1 aromatic rings. The Bertz CT molecular complexity index is 471. The highest BCUT2D eigenvalue weighted by Gasteiger charge is 2.28. The van der Waals surface area contributed by atoms with Crippen LogP contribution in [0.15, 0.2) is 12.1 Å². The molecule has 1 fully saturated rings. The third-order valence-electron chi connectivity index (χ3n) is 4.45. The van der Waals surface area contributed by atoms with Crippen molar-refractivity contribution >= 4 is 11.6 Å². The number of rotatable bonds is 2. The molecule has 0 unspecified atom stereocenters. The SMILES string of the molecule is Cc1cc(Cl)c(F)c(CN2CCC(C(C)(C)C)CC2)c1. The number of benzene rings is 1. The van der Waals surface area contributed by atoms with E-state index in [1.165, 1.54) is 12.8 Å². The van der Waals surface area contributed by atoms with Crippen LogP contribution in [-0.4, -0.2) is 18.0 Å². The molecule has 0 atom stereocenters. The molecule has 1 aromatic carbocycles. The molecule has 0 amide bonds. The van der Waals surface area contributed by atoms with E-state index in [1.807, 2.05) is 13.0 Å².